The van der Waals surface area contributed by atoms with Gasteiger partial charge in [-0.25, -0.2) is 8.78 Å². The second-order valence-corrected chi connectivity index (χ2v) is 4.49. The molecule has 1 aliphatic heterocycles. The van der Waals surface area contributed by atoms with Gasteiger partial charge in [-0.15, -0.1) is 0 Å². The number of anilines is 1. The zero-order valence-electron chi connectivity index (χ0n) is 9.79. The summed E-state index contributed by atoms with van der Waals surface area (Å²) in [6.45, 7) is 0.660. The molecule has 1 heterocycles. The highest BCUT2D eigenvalue weighted by molar-refractivity contribution is 5.58. The van der Waals surface area contributed by atoms with Gasteiger partial charge in [0.15, 0.2) is 0 Å². The van der Waals surface area contributed by atoms with Gasteiger partial charge in [0.2, 0.25) is 0 Å². The topological polar surface area (TPSA) is 12.0 Å². The summed E-state index contributed by atoms with van der Waals surface area (Å²) in [5, 5.41) is 3.05. The summed E-state index contributed by atoms with van der Waals surface area (Å²) in [4.78, 5) is 0. The molecule has 0 amide bonds. The fraction of sp³-hybridized carbons (Fsp3) is 0.200. The SMILES string of the molecule is Fc1ccccc1C1CCNc2c(F)cccc21. The van der Waals surface area contributed by atoms with E-state index in [9.17, 15) is 8.78 Å². The Balaban J connectivity index is 2.12. The smallest absolute Gasteiger partial charge is 0.146 e. The van der Waals surface area contributed by atoms with E-state index in [2.05, 4.69) is 5.32 Å². The molecule has 0 spiro atoms. The van der Waals surface area contributed by atoms with Crippen molar-refractivity contribution in [2.75, 3.05) is 11.9 Å². The fourth-order valence-corrected chi connectivity index (χ4v) is 2.60. The van der Waals surface area contributed by atoms with E-state index in [0.29, 0.717) is 17.8 Å². The first-order valence-corrected chi connectivity index (χ1v) is 6.04. The fourth-order valence-electron chi connectivity index (χ4n) is 2.60. The van der Waals surface area contributed by atoms with Crippen LogP contribution < -0.4 is 5.32 Å². The van der Waals surface area contributed by atoms with Crippen molar-refractivity contribution in [3.05, 3.63) is 65.2 Å². The molecular weight excluding hydrogens is 232 g/mol. The molecule has 1 unspecified atom stereocenters. The van der Waals surface area contributed by atoms with E-state index in [1.54, 1.807) is 18.2 Å². The molecule has 0 radical (unpaired) electrons. The molecule has 0 bridgehead atoms. The van der Waals surface area contributed by atoms with E-state index in [1.807, 2.05) is 12.1 Å². The maximum Gasteiger partial charge on any atom is 0.146 e. The first-order valence-electron chi connectivity index (χ1n) is 6.04. The lowest BCUT2D eigenvalue weighted by Crippen LogP contribution is -2.19. The van der Waals surface area contributed by atoms with Crippen LogP contribution in [0.25, 0.3) is 0 Å². The molecule has 0 saturated heterocycles. The summed E-state index contributed by atoms with van der Waals surface area (Å²) in [5.74, 6) is -0.564. The number of fused-ring (bicyclic) bond motifs is 1. The molecular formula is C15H13F2N. The summed E-state index contributed by atoms with van der Waals surface area (Å²) in [6, 6.07) is 11.7. The minimum atomic E-state index is -0.270. The lowest BCUT2D eigenvalue weighted by molar-refractivity contribution is 0.578. The summed E-state index contributed by atoms with van der Waals surface area (Å²) in [5.41, 5.74) is 1.99. The van der Waals surface area contributed by atoms with Crippen molar-refractivity contribution >= 4 is 5.69 Å². The number of para-hydroxylation sites is 1. The van der Waals surface area contributed by atoms with Crippen molar-refractivity contribution in [2.45, 2.75) is 12.3 Å². The molecule has 1 atom stereocenters. The van der Waals surface area contributed by atoms with E-state index >= 15 is 0 Å². The third-order valence-electron chi connectivity index (χ3n) is 3.44. The van der Waals surface area contributed by atoms with E-state index in [0.717, 1.165) is 12.0 Å². The highest BCUT2D eigenvalue weighted by atomic mass is 19.1. The minimum absolute atomic E-state index is 0.0712. The maximum absolute atomic E-state index is 13.9. The van der Waals surface area contributed by atoms with E-state index in [-0.39, 0.29) is 17.6 Å². The largest absolute Gasteiger partial charge is 0.382 e. The molecule has 92 valence electrons. The maximum atomic E-state index is 13.9. The Morgan fingerprint density at radius 1 is 0.889 bits per heavy atom. The molecule has 2 aromatic rings. The Kier molecular flexibility index (Phi) is 2.74. The van der Waals surface area contributed by atoms with Crippen LogP contribution in [0, 0.1) is 11.6 Å². The van der Waals surface area contributed by atoms with Crippen LogP contribution in [0.1, 0.15) is 23.5 Å². The Bertz CT molecular complexity index is 580. The number of benzene rings is 2. The zero-order chi connectivity index (χ0) is 12.5. The molecule has 3 heteroatoms. The van der Waals surface area contributed by atoms with Gasteiger partial charge in [-0.2, -0.15) is 0 Å². The molecule has 3 rings (SSSR count). The average Bonchev–Trinajstić information content (AvgIpc) is 2.40. The van der Waals surface area contributed by atoms with Gasteiger partial charge < -0.3 is 5.32 Å². The summed E-state index contributed by atoms with van der Waals surface area (Å²) in [7, 11) is 0. The van der Waals surface area contributed by atoms with Crippen molar-refractivity contribution in [3.63, 3.8) is 0 Å². The standard InChI is InChI=1S/C15H13F2N/c16-13-6-2-1-4-11(13)10-8-9-18-15-12(10)5-3-7-14(15)17/h1-7,10,18H,8-9H2. The van der Waals surface area contributed by atoms with Crippen LogP contribution in [-0.4, -0.2) is 6.54 Å². The van der Waals surface area contributed by atoms with Crippen LogP contribution >= 0.6 is 0 Å². The first-order chi connectivity index (χ1) is 8.77. The molecule has 0 fully saturated rings. The van der Waals surface area contributed by atoms with Crippen molar-refractivity contribution in [1.29, 1.82) is 0 Å². The van der Waals surface area contributed by atoms with Gasteiger partial charge in [0.25, 0.3) is 0 Å². The number of hydrogen-bond donors (Lipinski definition) is 1. The predicted molar refractivity (Wildman–Crippen MR) is 67.7 cm³/mol. The van der Waals surface area contributed by atoms with Gasteiger partial charge in [0.1, 0.15) is 11.6 Å². The van der Waals surface area contributed by atoms with Crippen LogP contribution in [0.5, 0.6) is 0 Å². The number of nitrogens with one attached hydrogen (secondary N) is 1. The predicted octanol–water partition coefficient (Wildman–Crippen LogP) is 3.91. The van der Waals surface area contributed by atoms with Crippen molar-refractivity contribution in [1.82, 2.24) is 0 Å². The second-order valence-electron chi connectivity index (χ2n) is 4.49. The molecule has 1 N–H and O–H groups in total. The Labute approximate surface area is 104 Å². The van der Waals surface area contributed by atoms with Crippen molar-refractivity contribution < 1.29 is 8.78 Å². The first kappa shape index (κ1) is 11.2. The van der Waals surface area contributed by atoms with Crippen LogP contribution in [0.15, 0.2) is 42.5 Å². The van der Waals surface area contributed by atoms with Gasteiger partial charge >= 0.3 is 0 Å². The van der Waals surface area contributed by atoms with Crippen LogP contribution in [0.3, 0.4) is 0 Å². The lowest BCUT2D eigenvalue weighted by Gasteiger charge is -2.27. The summed E-state index contributed by atoms with van der Waals surface area (Å²) in [6.07, 6.45) is 0.775. The van der Waals surface area contributed by atoms with E-state index in [4.69, 9.17) is 0 Å². The molecule has 2 aromatic carbocycles. The minimum Gasteiger partial charge on any atom is -0.382 e. The highest BCUT2D eigenvalue weighted by Crippen LogP contribution is 2.38. The zero-order valence-corrected chi connectivity index (χ0v) is 9.79. The third-order valence-corrected chi connectivity index (χ3v) is 3.44. The molecule has 0 aromatic heterocycles. The normalized spacial score (nSPS) is 18.0. The lowest BCUT2D eigenvalue weighted by atomic mass is 9.85. The van der Waals surface area contributed by atoms with E-state index < -0.39 is 0 Å². The number of hydrogen-bond acceptors (Lipinski definition) is 1. The number of halogens is 2. The quantitative estimate of drug-likeness (QED) is 0.803. The molecule has 0 aliphatic carbocycles. The van der Waals surface area contributed by atoms with Gasteiger partial charge in [0.05, 0.1) is 5.69 Å². The molecule has 1 aliphatic rings. The Morgan fingerprint density at radius 2 is 1.61 bits per heavy atom. The Morgan fingerprint density at radius 3 is 2.44 bits per heavy atom. The average molecular weight is 245 g/mol. The number of rotatable bonds is 1. The van der Waals surface area contributed by atoms with Gasteiger partial charge in [-0.3, -0.25) is 0 Å². The van der Waals surface area contributed by atoms with Gasteiger partial charge in [0, 0.05) is 12.5 Å². The van der Waals surface area contributed by atoms with Crippen LogP contribution in [0.2, 0.25) is 0 Å². The van der Waals surface area contributed by atoms with Gasteiger partial charge in [-0.1, -0.05) is 30.3 Å². The molecule has 0 saturated carbocycles. The summed E-state index contributed by atoms with van der Waals surface area (Å²) >= 11 is 0. The molecule has 18 heavy (non-hydrogen) atoms. The highest BCUT2D eigenvalue weighted by Gasteiger charge is 2.25. The van der Waals surface area contributed by atoms with E-state index in [1.165, 1.54) is 12.1 Å². The Hall–Kier alpha value is -1.90. The van der Waals surface area contributed by atoms with Crippen LogP contribution in [0.4, 0.5) is 14.5 Å². The third kappa shape index (κ3) is 1.76. The summed E-state index contributed by atoms with van der Waals surface area (Å²) < 4.78 is 27.6. The van der Waals surface area contributed by atoms with Crippen molar-refractivity contribution in [2.24, 2.45) is 0 Å². The second kappa shape index (κ2) is 4.41. The van der Waals surface area contributed by atoms with Gasteiger partial charge in [-0.05, 0) is 29.7 Å². The monoisotopic (exact) mass is 245 g/mol. The van der Waals surface area contributed by atoms with Crippen LogP contribution in [-0.2, 0) is 0 Å². The van der Waals surface area contributed by atoms with Crippen molar-refractivity contribution in [3.8, 4) is 0 Å². The molecule has 1 nitrogen and oxygen atoms in total.